The van der Waals surface area contributed by atoms with Gasteiger partial charge in [0.1, 0.15) is 6.54 Å². The van der Waals surface area contributed by atoms with Crippen LogP contribution in [0.4, 0.5) is 0 Å². The maximum atomic E-state index is 12.8. The highest BCUT2D eigenvalue weighted by molar-refractivity contribution is 7.99. The fraction of sp³-hybridized carbons (Fsp3) is 0.318. The number of esters is 1. The Morgan fingerprint density at radius 2 is 1.86 bits per heavy atom. The van der Waals surface area contributed by atoms with Gasteiger partial charge in [0.15, 0.2) is 4.80 Å². The van der Waals surface area contributed by atoms with E-state index >= 15 is 0 Å². The van der Waals surface area contributed by atoms with Gasteiger partial charge < -0.3 is 9.30 Å². The zero-order chi connectivity index (χ0) is 21.1. The van der Waals surface area contributed by atoms with Gasteiger partial charge in [0.2, 0.25) is 0 Å². The van der Waals surface area contributed by atoms with Crippen LogP contribution in [0, 0.1) is 13.8 Å². The van der Waals surface area contributed by atoms with Crippen molar-refractivity contribution >= 4 is 45.2 Å². The molecule has 0 unspecified atom stereocenters. The van der Waals surface area contributed by atoms with E-state index in [-0.39, 0.29) is 18.4 Å². The van der Waals surface area contributed by atoms with Crippen LogP contribution in [0.1, 0.15) is 35.3 Å². The van der Waals surface area contributed by atoms with Crippen molar-refractivity contribution in [2.24, 2.45) is 4.99 Å². The van der Waals surface area contributed by atoms with Crippen molar-refractivity contribution in [3.63, 3.8) is 0 Å². The van der Waals surface area contributed by atoms with E-state index in [1.54, 1.807) is 28.5 Å². The van der Waals surface area contributed by atoms with Gasteiger partial charge in [-0.05, 0) is 55.3 Å². The van der Waals surface area contributed by atoms with Crippen LogP contribution in [0.25, 0.3) is 10.2 Å². The van der Waals surface area contributed by atoms with E-state index in [0.29, 0.717) is 15.6 Å². The number of carbonyl (C=O) groups is 2. The summed E-state index contributed by atoms with van der Waals surface area (Å²) in [6, 6.07) is 11.6. The molecule has 0 N–H and O–H groups in total. The number of amides is 1. The fourth-order valence-corrected chi connectivity index (χ4v) is 4.96. The third-order valence-corrected chi connectivity index (χ3v) is 6.54. The lowest BCUT2D eigenvalue weighted by atomic mass is 10.1. The van der Waals surface area contributed by atoms with E-state index in [1.165, 1.54) is 18.4 Å². The Morgan fingerprint density at radius 3 is 2.48 bits per heavy atom. The predicted octanol–water partition coefficient (Wildman–Crippen LogP) is 4.73. The normalized spacial score (nSPS) is 12.0. The maximum Gasteiger partial charge on any atom is 0.325 e. The van der Waals surface area contributed by atoms with E-state index in [2.05, 4.69) is 24.9 Å². The monoisotopic (exact) mass is 428 g/mol. The zero-order valence-corrected chi connectivity index (χ0v) is 18.8. The molecule has 5 nitrogen and oxygen atoms in total. The van der Waals surface area contributed by atoms with Crippen molar-refractivity contribution < 1.29 is 14.3 Å². The molecule has 152 valence electrons. The summed E-state index contributed by atoms with van der Waals surface area (Å²) in [5.74, 6) is -0.710. The number of carbonyl (C=O) groups excluding carboxylic acids is 2. The SMILES string of the molecule is COC(=O)Cn1c(=NC(=O)c2ccc(SC(C)C)cc2)sc2c(C)cc(C)cc21. The molecule has 1 amide bonds. The second kappa shape index (κ2) is 8.97. The number of aromatic nitrogens is 1. The Labute approximate surface area is 178 Å². The highest BCUT2D eigenvalue weighted by Gasteiger charge is 2.14. The van der Waals surface area contributed by atoms with Gasteiger partial charge in [-0.15, -0.1) is 11.8 Å². The summed E-state index contributed by atoms with van der Waals surface area (Å²) in [7, 11) is 1.35. The third kappa shape index (κ3) is 4.97. The van der Waals surface area contributed by atoms with Crippen molar-refractivity contribution in [3.05, 3.63) is 57.9 Å². The molecule has 3 rings (SSSR count). The first-order chi connectivity index (χ1) is 13.8. The molecule has 0 fully saturated rings. The molecule has 0 bridgehead atoms. The molecule has 7 heteroatoms. The van der Waals surface area contributed by atoms with Crippen LogP contribution in [0.2, 0.25) is 0 Å². The van der Waals surface area contributed by atoms with Crippen LogP contribution in [-0.2, 0) is 16.1 Å². The number of thiazole rings is 1. The molecule has 0 aliphatic rings. The summed E-state index contributed by atoms with van der Waals surface area (Å²) in [5, 5.41) is 0.476. The Hall–Kier alpha value is -2.38. The van der Waals surface area contributed by atoms with E-state index in [1.807, 2.05) is 32.0 Å². The number of nitrogens with zero attached hydrogens (tertiary/aromatic N) is 2. The summed E-state index contributed by atoms with van der Waals surface area (Å²) < 4.78 is 7.60. The van der Waals surface area contributed by atoms with Crippen LogP contribution >= 0.6 is 23.1 Å². The molecule has 0 atom stereocenters. The summed E-state index contributed by atoms with van der Waals surface area (Å²) in [6.45, 7) is 8.29. The molecule has 29 heavy (non-hydrogen) atoms. The number of hydrogen-bond donors (Lipinski definition) is 0. The molecular weight excluding hydrogens is 404 g/mol. The van der Waals surface area contributed by atoms with Gasteiger partial charge in [-0.3, -0.25) is 9.59 Å². The van der Waals surface area contributed by atoms with E-state index in [4.69, 9.17) is 4.74 Å². The summed E-state index contributed by atoms with van der Waals surface area (Å²) >= 11 is 3.15. The predicted molar refractivity (Wildman–Crippen MR) is 119 cm³/mol. The average molecular weight is 429 g/mol. The van der Waals surface area contributed by atoms with Gasteiger partial charge in [-0.1, -0.05) is 31.3 Å². The number of aryl methyl sites for hydroxylation is 2. The summed E-state index contributed by atoms with van der Waals surface area (Å²) in [6.07, 6.45) is 0. The minimum absolute atomic E-state index is 0.00940. The van der Waals surface area contributed by atoms with E-state index in [0.717, 1.165) is 26.2 Å². The third-order valence-electron chi connectivity index (χ3n) is 4.30. The maximum absolute atomic E-state index is 12.8. The lowest BCUT2D eigenvalue weighted by molar-refractivity contribution is -0.141. The largest absolute Gasteiger partial charge is 0.468 e. The van der Waals surface area contributed by atoms with E-state index in [9.17, 15) is 9.59 Å². The first-order valence-corrected chi connectivity index (χ1v) is 11.0. The lowest BCUT2D eigenvalue weighted by Gasteiger charge is -2.06. The second-order valence-electron chi connectivity index (χ2n) is 7.08. The Morgan fingerprint density at radius 1 is 1.17 bits per heavy atom. The molecule has 0 radical (unpaired) electrons. The molecule has 1 heterocycles. The number of rotatable bonds is 5. The quantitative estimate of drug-likeness (QED) is 0.435. The molecule has 2 aromatic carbocycles. The average Bonchev–Trinajstić information content (AvgIpc) is 2.99. The van der Waals surface area contributed by atoms with Crippen LogP contribution in [0.5, 0.6) is 0 Å². The number of fused-ring (bicyclic) bond motifs is 1. The zero-order valence-electron chi connectivity index (χ0n) is 17.2. The van der Waals surface area contributed by atoms with Gasteiger partial charge in [0, 0.05) is 15.7 Å². The standard InChI is InChI=1S/C22H24N2O3S2/c1-13(2)28-17-8-6-16(7-9-17)21(26)23-22-24(12-19(25)27-5)18-11-14(3)10-15(4)20(18)29-22/h6-11,13H,12H2,1-5H3. The summed E-state index contributed by atoms with van der Waals surface area (Å²) in [4.78, 5) is 30.7. The van der Waals surface area contributed by atoms with Crippen molar-refractivity contribution in [2.75, 3.05) is 7.11 Å². The number of ether oxygens (including phenoxy) is 1. The molecule has 0 spiro atoms. The minimum Gasteiger partial charge on any atom is -0.468 e. The number of thioether (sulfide) groups is 1. The second-order valence-corrected chi connectivity index (χ2v) is 9.71. The first-order valence-electron chi connectivity index (χ1n) is 9.31. The van der Waals surface area contributed by atoms with Crippen LogP contribution in [0.3, 0.4) is 0 Å². The first kappa shape index (κ1) is 21.3. The van der Waals surface area contributed by atoms with Crippen molar-refractivity contribution in [1.82, 2.24) is 4.57 Å². The molecule has 0 aliphatic carbocycles. The molecule has 0 aliphatic heterocycles. The van der Waals surface area contributed by atoms with Gasteiger partial charge in [0.25, 0.3) is 5.91 Å². The molecule has 0 saturated heterocycles. The highest BCUT2D eigenvalue weighted by atomic mass is 32.2. The van der Waals surface area contributed by atoms with Gasteiger partial charge in [-0.25, -0.2) is 0 Å². The fourth-order valence-electron chi connectivity index (χ4n) is 3.04. The number of methoxy groups -OCH3 is 1. The lowest BCUT2D eigenvalue weighted by Crippen LogP contribution is -2.22. The van der Waals surface area contributed by atoms with E-state index < -0.39 is 0 Å². The van der Waals surface area contributed by atoms with Crippen molar-refractivity contribution in [2.45, 2.75) is 44.4 Å². The van der Waals surface area contributed by atoms with Crippen molar-refractivity contribution in [1.29, 1.82) is 0 Å². The molecular formula is C22H24N2O3S2. The number of hydrogen-bond acceptors (Lipinski definition) is 5. The minimum atomic E-state index is -0.382. The summed E-state index contributed by atoms with van der Waals surface area (Å²) in [5.41, 5.74) is 3.58. The highest BCUT2D eigenvalue weighted by Crippen LogP contribution is 2.25. The smallest absolute Gasteiger partial charge is 0.325 e. The van der Waals surface area contributed by atoms with Crippen molar-refractivity contribution in [3.8, 4) is 0 Å². The molecule has 0 saturated carbocycles. The van der Waals surface area contributed by atoms with Gasteiger partial charge >= 0.3 is 5.97 Å². The van der Waals surface area contributed by atoms with Gasteiger partial charge in [-0.2, -0.15) is 4.99 Å². The van der Waals surface area contributed by atoms with Crippen LogP contribution < -0.4 is 4.80 Å². The Kier molecular flexibility index (Phi) is 6.59. The molecule has 1 aromatic heterocycles. The number of benzene rings is 2. The van der Waals surface area contributed by atoms with Crippen LogP contribution in [-0.4, -0.2) is 28.8 Å². The topological polar surface area (TPSA) is 60.7 Å². The molecule has 3 aromatic rings. The van der Waals surface area contributed by atoms with Crippen LogP contribution in [0.15, 0.2) is 46.3 Å². The van der Waals surface area contributed by atoms with Gasteiger partial charge in [0.05, 0.1) is 17.3 Å². The Balaban J connectivity index is 2.06. The Bertz CT molecular complexity index is 1130.